The first-order valence-corrected chi connectivity index (χ1v) is 7.56. The van der Waals surface area contributed by atoms with E-state index < -0.39 is 0 Å². The van der Waals surface area contributed by atoms with Gasteiger partial charge in [-0.15, -0.1) is 0 Å². The van der Waals surface area contributed by atoms with Crippen LogP contribution >= 0.6 is 0 Å². The maximum atomic E-state index is 12.5. The standard InChI is InChI=1S/C15H21N5O2/c1-10(2)17-14(21)19-8-6-11(9-19)20-13-12(5-4-7-16-13)18(3)15(20)22/h4-5,7,10-11H,6,8-9H2,1-3H3,(H,17,21)/t11-/m0/s1. The molecule has 2 aromatic rings. The number of nitrogens with zero attached hydrogens (tertiary/aromatic N) is 4. The Balaban J connectivity index is 1.89. The molecule has 0 saturated carbocycles. The van der Waals surface area contributed by atoms with E-state index in [4.69, 9.17) is 0 Å². The second kappa shape index (κ2) is 5.47. The molecule has 3 heterocycles. The topological polar surface area (TPSA) is 72.2 Å². The fourth-order valence-electron chi connectivity index (χ4n) is 3.00. The van der Waals surface area contributed by atoms with E-state index in [1.165, 1.54) is 0 Å². The van der Waals surface area contributed by atoms with Crippen LogP contribution in [0.3, 0.4) is 0 Å². The number of urea groups is 1. The van der Waals surface area contributed by atoms with E-state index in [-0.39, 0.29) is 23.8 Å². The molecule has 0 radical (unpaired) electrons. The molecule has 2 aromatic heterocycles. The maximum absolute atomic E-state index is 12.5. The number of fused-ring (bicyclic) bond motifs is 1. The Hall–Kier alpha value is -2.31. The van der Waals surface area contributed by atoms with Crippen molar-refractivity contribution in [2.24, 2.45) is 7.05 Å². The van der Waals surface area contributed by atoms with Gasteiger partial charge < -0.3 is 10.2 Å². The van der Waals surface area contributed by atoms with Gasteiger partial charge in [-0.25, -0.2) is 14.6 Å². The summed E-state index contributed by atoms with van der Waals surface area (Å²) in [5, 5.41) is 2.89. The van der Waals surface area contributed by atoms with Gasteiger partial charge in [0.1, 0.15) is 0 Å². The highest BCUT2D eigenvalue weighted by Gasteiger charge is 2.30. The van der Waals surface area contributed by atoms with Crippen molar-refractivity contribution < 1.29 is 4.79 Å². The number of rotatable bonds is 2. The van der Waals surface area contributed by atoms with Gasteiger partial charge in [-0.1, -0.05) is 0 Å². The lowest BCUT2D eigenvalue weighted by atomic mass is 10.2. The van der Waals surface area contributed by atoms with Crippen LogP contribution in [0.4, 0.5) is 4.79 Å². The molecule has 1 aliphatic heterocycles. The first kappa shape index (κ1) is 14.6. The lowest BCUT2D eigenvalue weighted by Crippen LogP contribution is -2.42. The summed E-state index contributed by atoms with van der Waals surface area (Å²) in [5.74, 6) is 0. The maximum Gasteiger partial charge on any atom is 0.330 e. The Labute approximate surface area is 128 Å². The molecule has 3 rings (SSSR count). The number of pyridine rings is 1. The summed E-state index contributed by atoms with van der Waals surface area (Å²) in [6.45, 7) is 5.06. The first-order valence-electron chi connectivity index (χ1n) is 7.56. The van der Waals surface area contributed by atoms with E-state index in [1.807, 2.05) is 26.0 Å². The molecule has 1 saturated heterocycles. The van der Waals surface area contributed by atoms with Gasteiger partial charge in [0.25, 0.3) is 0 Å². The fraction of sp³-hybridized carbons (Fsp3) is 0.533. The summed E-state index contributed by atoms with van der Waals surface area (Å²) in [7, 11) is 1.75. The largest absolute Gasteiger partial charge is 0.336 e. The lowest BCUT2D eigenvalue weighted by molar-refractivity contribution is 0.204. The molecule has 0 aliphatic carbocycles. The second-order valence-electron chi connectivity index (χ2n) is 6.05. The van der Waals surface area contributed by atoms with Crippen LogP contribution in [0.2, 0.25) is 0 Å². The third kappa shape index (κ3) is 2.36. The molecule has 1 aliphatic rings. The number of aryl methyl sites for hydroxylation is 1. The average molecular weight is 303 g/mol. The number of imidazole rings is 1. The molecule has 118 valence electrons. The summed E-state index contributed by atoms with van der Waals surface area (Å²) in [6, 6.07) is 3.72. The highest BCUT2D eigenvalue weighted by Crippen LogP contribution is 2.23. The van der Waals surface area contributed by atoms with E-state index in [0.717, 1.165) is 11.9 Å². The molecule has 7 nitrogen and oxygen atoms in total. The van der Waals surface area contributed by atoms with Crippen molar-refractivity contribution in [1.29, 1.82) is 0 Å². The van der Waals surface area contributed by atoms with E-state index in [9.17, 15) is 9.59 Å². The Morgan fingerprint density at radius 2 is 2.23 bits per heavy atom. The summed E-state index contributed by atoms with van der Waals surface area (Å²) in [6.07, 6.45) is 2.46. The minimum absolute atomic E-state index is 0.0241. The smallest absolute Gasteiger partial charge is 0.330 e. The van der Waals surface area contributed by atoms with E-state index in [1.54, 1.807) is 27.3 Å². The monoisotopic (exact) mass is 303 g/mol. The molecule has 1 atom stereocenters. The van der Waals surface area contributed by atoms with Crippen molar-refractivity contribution in [3.8, 4) is 0 Å². The van der Waals surface area contributed by atoms with Crippen LogP contribution in [0.15, 0.2) is 23.1 Å². The highest BCUT2D eigenvalue weighted by molar-refractivity contribution is 5.75. The quantitative estimate of drug-likeness (QED) is 0.903. The number of hydrogen-bond acceptors (Lipinski definition) is 3. The lowest BCUT2D eigenvalue weighted by Gasteiger charge is -2.19. The Bertz CT molecular complexity index is 761. The predicted octanol–water partition coefficient (Wildman–Crippen LogP) is 1.10. The fourth-order valence-corrected chi connectivity index (χ4v) is 3.00. The van der Waals surface area contributed by atoms with Crippen LogP contribution in [-0.4, -0.2) is 44.2 Å². The zero-order valence-corrected chi connectivity index (χ0v) is 13.1. The number of hydrogen-bond donors (Lipinski definition) is 1. The number of carbonyl (C=O) groups excluding carboxylic acids is 1. The Morgan fingerprint density at radius 3 is 2.95 bits per heavy atom. The van der Waals surface area contributed by atoms with Crippen LogP contribution in [-0.2, 0) is 7.05 Å². The number of carbonyl (C=O) groups is 1. The molecule has 0 aromatic carbocycles. The van der Waals surface area contributed by atoms with E-state index in [2.05, 4.69) is 10.3 Å². The van der Waals surface area contributed by atoms with Crippen molar-refractivity contribution >= 4 is 17.2 Å². The van der Waals surface area contributed by atoms with Crippen molar-refractivity contribution in [3.63, 3.8) is 0 Å². The number of amides is 2. The SMILES string of the molecule is CC(C)NC(=O)N1CC[C@H](n2c(=O)n(C)c3cccnc32)C1. The third-order valence-corrected chi connectivity index (χ3v) is 4.08. The van der Waals surface area contributed by atoms with Gasteiger partial charge in [-0.05, 0) is 32.4 Å². The van der Waals surface area contributed by atoms with Gasteiger partial charge in [-0.2, -0.15) is 0 Å². The van der Waals surface area contributed by atoms with Crippen molar-refractivity contribution in [1.82, 2.24) is 24.3 Å². The summed E-state index contributed by atoms with van der Waals surface area (Å²) >= 11 is 0. The number of likely N-dealkylation sites (tertiary alicyclic amines) is 1. The summed E-state index contributed by atoms with van der Waals surface area (Å²) in [5.41, 5.74) is 1.42. The van der Waals surface area contributed by atoms with Gasteiger partial charge in [0.2, 0.25) is 0 Å². The minimum atomic E-state index is -0.0789. The Kier molecular flexibility index (Phi) is 3.64. The predicted molar refractivity (Wildman–Crippen MR) is 83.9 cm³/mol. The molecule has 0 bridgehead atoms. The third-order valence-electron chi connectivity index (χ3n) is 4.08. The van der Waals surface area contributed by atoms with Crippen LogP contribution < -0.4 is 11.0 Å². The van der Waals surface area contributed by atoms with Crippen LogP contribution in [0.1, 0.15) is 26.3 Å². The number of nitrogens with one attached hydrogen (secondary N) is 1. The highest BCUT2D eigenvalue weighted by atomic mass is 16.2. The van der Waals surface area contributed by atoms with Crippen molar-refractivity contribution in [3.05, 3.63) is 28.8 Å². The zero-order valence-electron chi connectivity index (χ0n) is 13.1. The zero-order chi connectivity index (χ0) is 15.9. The first-order chi connectivity index (χ1) is 10.5. The van der Waals surface area contributed by atoms with Crippen LogP contribution in [0, 0.1) is 0 Å². The molecule has 0 spiro atoms. The summed E-state index contributed by atoms with van der Waals surface area (Å²) < 4.78 is 3.33. The average Bonchev–Trinajstić information content (AvgIpc) is 3.04. The second-order valence-corrected chi connectivity index (χ2v) is 6.05. The molecule has 0 unspecified atom stereocenters. The van der Waals surface area contributed by atoms with Crippen molar-refractivity contribution in [2.45, 2.75) is 32.4 Å². The molecule has 7 heteroatoms. The van der Waals surface area contributed by atoms with Gasteiger partial charge in [-0.3, -0.25) is 9.13 Å². The minimum Gasteiger partial charge on any atom is -0.336 e. The molecule has 1 fully saturated rings. The van der Waals surface area contributed by atoms with Crippen LogP contribution in [0.25, 0.3) is 11.2 Å². The normalized spacial score (nSPS) is 18.4. The Morgan fingerprint density at radius 1 is 1.45 bits per heavy atom. The van der Waals surface area contributed by atoms with E-state index >= 15 is 0 Å². The van der Waals surface area contributed by atoms with Gasteiger partial charge in [0.15, 0.2) is 5.65 Å². The van der Waals surface area contributed by atoms with Crippen molar-refractivity contribution in [2.75, 3.05) is 13.1 Å². The molecule has 22 heavy (non-hydrogen) atoms. The van der Waals surface area contributed by atoms with Crippen LogP contribution in [0.5, 0.6) is 0 Å². The van der Waals surface area contributed by atoms with Gasteiger partial charge in [0.05, 0.1) is 11.6 Å². The molecule has 1 N–H and O–H groups in total. The van der Waals surface area contributed by atoms with E-state index in [0.29, 0.717) is 18.7 Å². The van der Waals surface area contributed by atoms with Gasteiger partial charge in [0, 0.05) is 32.4 Å². The summed E-state index contributed by atoms with van der Waals surface area (Å²) in [4.78, 5) is 30.7. The molecular weight excluding hydrogens is 282 g/mol. The number of aromatic nitrogens is 3. The molecule has 2 amide bonds. The molecular formula is C15H21N5O2. The van der Waals surface area contributed by atoms with Gasteiger partial charge >= 0.3 is 11.7 Å².